The Kier molecular flexibility index (Phi) is 4.12. The third-order valence-electron chi connectivity index (χ3n) is 2.58. The number of rotatable bonds is 5. The van der Waals surface area contributed by atoms with E-state index in [1.165, 1.54) is 11.9 Å². The van der Waals surface area contributed by atoms with E-state index >= 15 is 0 Å². The van der Waals surface area contributed by atoms with Crippen molar-refractivity contribution in [2.75, 3.05) is 12.4 Å². The molecule has 1 heterocycles. The van der Waals surface area contributed by atoms with Crippen molar-refractivity contribution in [2.24, 2.45) is 0 Å². The van der Waals surface area contributed by atoms with Crippen molar-refractivity contribution >= 4 is 5.82 Å². The molecule has 94 valence electrons. The quantitative estimate of drug-likeness (QED) is 0.875. The Morgan fingerprint density at radius 3 is 2.61 bits per heavy atom. The van der Waals surface area contributed by atoms with Crippen LogP contribution in [0.15, 0.2) is 36.7 Å². The van der Waals surface area contributed by atoms with Gasteiger partial charge in [-0.15, -0.1) is 0 Å². The number of hydrogen-bond donors (Lipinski definition) is 1. The average molecular weight is 243 g/mol. The van der Waals surface area contributed by atoms with Crippen LogP contribution in [-0.2, 0) is 6.42 Å². The molecule has 0 saturated carbocycles. The lowest BCUT2D eigenvalue weighted by molar-refractivity contribution is 0.461. The van der Waals surface area contributed by atoms with Crippen LogP contribution in [-0.4, -0.2) is 17.0 Å². The zero-order valence-corrected chi connectivity index (χ0v) is 10.7. The highest BCUT2D eigenvalue weighted by Gasteiger charge is 2.00. The molecule has 0 atom stereocenters. The summed E-state index contributed by atoms with van der Waals surface area (Å²) >= 11 is 0. The summed E-state index contributed by atoms with van der Waals surface area (Å²) in [5, 5.41) is 2.95. The van der Waals surface area contributed by atoms with Gasteiger partial charge in [0.2, 0.25) is 5.88 Å². The maximum absolute atomic E-state index is 5.66. The zero-order chi connectivity index (χ0) is 12.8. The van der Waals surface area contributed by atoms with Crippen molar-refractivity contribution in [1.82, 2.24) is 9.97 Å². The molecule has 4 nitrogen and oxygen atoms in total. The minimum absolute atomic E-state index is 0.539. The molecule has 1 aromatic carbocycles. The van der Waals surface area contributed by atoms with Gasteiger partial charge in [0.15, 0.2) is 0 Å². The van der Waals surface area contributed by atoms with Crippen molar-refractivity contribution in [2.45, 2.75) is 19.8 Å². The van der Waals surface area contributed by atoms with Crippen LogP contribution in [0.1, 0.15) is 18.9 Å². The van der Waals surface area contributed by atoms with E-state index < -0.39 is 0 Å². The van der Waals surface area contributed by atoms with E-state index in [2.05, 4.69) is 34.3 Å². The van der Waals surface area contributed by atoms with Crippen LogP contribution in [0.3, 0.4) is 0 Å². The van der Waals surface area contributed by atoms with Crippen LogP contribution in [0, 0.1) is 0 Å². The van der Waals surface area contributed by atoms with Gasteiger partial charge in [0, 0.05) is 13.1 Å². The Hall–Kier alpha value is -2.10. The van der Waals surface area contributed by atoms with E-state index in [-0.39, 0.29) is 0 Å². The Morgan fingerprint density at radius 2 is 1.94 bits per heavy atom. The molecule has 1 aromatic heterocycles. The van der Waals surface area contributed by atoms with Crippen LogP contribution in [0.4, 0.5) is 5.82 Å². The second-order valence-corrected chi connectivity index (χ2v) is 3.99. The summed E-state index contributed by atoms with van der Waals surface area (Å²) in [6, 6.07) is 9.86. The third-order valence-corrected chi connectivity index (χ3v) is 2.58. The minimum atomic E-state index is 0.539. The molecule has 0 radical (unpaired) electrons. The summed E-state index contributed by atoms with van der Waals surface area (Å²) in [6.07, 6.45) is 3.72. The number of hydrogen-bond acceptors (Lipinski definition) is 4. The van der Waals surface area contributed by atoms with E-state index in [0.717, 1.165) is 24.4 Å². The average Bonchev–Trinajstić information content (AvgIpc) is 2.42. The molecule has 4 heteroatoms. The van der Waals surface area contributed by atoms with Gasteiger partial charge in [-0.2, -0.15) is 0 Å². The molecule has 2 aromatic rings. The summed E-state index contributed by atoms with van der Waals surface area (Å²) < 4.78 is 5.66. The second-order valence-electron chi connectivity index (χ2n) is 3.99. The van der Waals surface area contributed by atoms with Crippen LogP contribution in [0.2, 0.25) is 0 Å². The topological polar surface area (TPSA) is 47.0 Å². The first-order valence-electron chi connectivity index (χ1n) is 6.08. The van der Waals surface area contributed by atoms with Gasteiger partial charge in [-0.25, -0.2) is 9.97 Å². The number of aryl methyl sites for hydroxylation is 1. The van der Waals surface area contributed by atoms with Gasteiger partial charge in [0.05, 0.1) is 0 Å². The van der Waals surface area contributed by atoms with E-state index in [0.29, 0.717) is 5.88 Å². The van der Waals surface area contributed by atoms with Gasteiger partial charge in [-0.1, -0.05) is 25.5 Å². The number of aromatic nitrogens is 2. The van der Waals surface area contributed by atoms with Gasteiger partial charge in [0.25, 0.3) is 0 Å². The SMILES string of the molecule is CCCc1ccc(Oc2cc(NC)ncn2)cc1. The van der Waals surface area contributed by atoms with Crippen molar-refractivity contribution < 1.29 is 4.74 Å². The maximum Gasteiger partial charge on any atom is 0.224 e. The van der Waals surface area contributed by atoms with Crippen LogP contribution >= 0.6 is 0 Å². The summed E-state index contributed by atoms with van der Waals surface area (Å²) in [5.74, 6) is 2.07. The van der Waals surface area contributed by atoms with Crippen molar-refractivity contribution in [3.8, 4) is 11.6 Å². The predicted molar refractivity (Wildman–Crippen MR) is 72.1 cm³/mol. The van der Waals surface area contributed by atoms with Gasteiger partial charge in [-0.05, 0) is 24.1 Å². The Bertz CT molecular complexity index is 497. The fraction of sp³-hybridized carbons (Fsp3) is 0.286. The summed E-state index contributed by atoms with van der Waals surface area (Å²) in [5.41, 5.74) is 1.32. The number of benzene rings is 1. The van der Waals surface area contributed by atoms with Gasteiger partial charge >= 0.3 is 0 Å². The first kappa shape index (κ1) is 12.4. The number of nitrogens with one attached hydrogen (secondary N) is 1. The molecule has 1 N–H and O–H groups in total. The van der Waals surface area contributed by atoms with Crippen LogP contribution in [0.5, 0.6) is 11.6 Å². The molecule has 18 heavy (non-hydrogen) atoms. The smallest absolute Gasteiger partial charge is 0.224 e. The third kappa shape index (κ3) is 3.20. The van der Waals surface area contributed by atoms with Crippen LogP contribution < -0.4 is 10.1 Å². The lowest BCUT2D eigenvalue weighted by atomic mass is 10.1. The second kappa shape index (κ2) is 6.00. The normalized spacial score (nSPS) is 10.1. The molecule has 0 bridgehead atoms. The van der Waals surface area contributed by atoms with Gasteiger partial charge in [0.1, 0.15) is 17.9 Å². The predicted octanol–water partition coefficient (Wildman–Crippen LogP) is 3.26. The van der Waals surface area contributed by atoms with E-state index in [9.17, 15) is 0 Å². The zero-order valence-electron chi connectivity index (χ0n) is 10.7. The molecule has 0 amide bonds. The monoisotopic (exact) mass is 243 g/mol. The molecular weight excluding hydrogens is 226 g/mol. The molecule has 0 fully saturated rings. The summed E-state index contributed by atoms with van der Waals surface area (Å²) in [7, 11) is 1.81. The summed E-state index contributed by atoms with van der Waals surface area (Å²) in [4.78, 5) is 8.10. The van der Waals surface area contributed by atoms with E-state index in [1.807, 2.05) is 19.2 Å². The highest BCUT2D eigenvalue weighted by molar-refractivity contribution is 5.38. The highest BCUT2D eigenvalue weighted by atomic mass is 16.5. The first-order valence-corrected chi connectivity index (χ1v) is 6.08. The first-order chi connectivity index (χ1) is 8.81. The van der Waals surface area contributed by atoms with E-state index in [4.69, 9.17) is 4.74 Å². The Labute approximate surface area is 107 Å². The molecule has 0 spiro atoms. The molecule has 0 aliphatic heterocycles. The lowest BCUT2D eigenvalue weighted by Crippen LogP contribution is -1.95. The molecular formula is C14H17N3O. The lowest BCUT2D eigenvalue weighted by Gasteiger charge is -2.06. The minimum Gasteiger partial charge on any atom is -0.439 e. The molecule has 0 aliphatic carbocycles. The molecule has 0 saturated heterocycles. The van der Waals surface area contributed by atoms with Crippen molar-refractivity contribution in [3.63, 3.8) is 0 Å². The standard InChI is InChI=1S/C14H17N3O/c1-3-4-11-5-7-12(8-6-11)18-14-9-13(15-2)16-10-17-14/h5-10H,3-4H2,1-2H3,(H,15,16,17). The molecule has 0 unspecified atom stereocenters. The number of nitrogens with zero attached hydrogens (tertiary/aromatic N) is 2. The Morgan fingerprint density at radius 1 is 1.17 bits per heavy atom. The highest BCUT2D eigenvalue weighted by Crippen LogP contribution is 2.21. The van der Waals surface area contributed by atoms with Gasteiger partial charge < -0.3 is 10.1 Å². The van der Waals surface area contributed by atoms with Gasteiger partial charge in [-0.3, -0.25) is 0 Å². The molecule has 2 rings (SSSR count). The van der Waals surface area contributed by atoms with Crippen molar-refractivity contribution in [3.05, 3.63) is 42.2 Å². The Balaban J connectivity index is 2.08. The van der Waals surface area contributed by atoms with Crippen molar-refractivity contribution in [1.29, 1.82) is 0 Å². The number of ether oxygens (including phenoxy) is 1. The molecule has 0 aliphatic rings. The number of anilines is 1. The summed E-state index contributed by atoms with van der Waals surface area (Å²) in [6.45, 7) is 2.17. The fourth-order valence-corrected chi connectivity index (χ4v) is 1.67. The largest absolute Gasteiger partial charge is 0.439 e. The van der Waals surface area contributed by atoms with Crippen LogP contribution in [0.25, 0.3) is 0 Å². The maximum atomic E-state index is 5.66. The van der Waals surface area contributed by atoms with E-state index in [1.54, 1.807) is 6.07 Å². The fourth-order valence-electron chi connectivity index (χ4n) is 1.67.